The average molecular weight is 357 g/mol. The molecule has 6 nitrogen and oxygen atoms in total. The molecule has 0 spiro atoms. The van der Waals surface area contributed by atoms with E-state index < -0.39 is 0 Å². The smallest absolute Gasteiger partial charge is 0.251 e. The zero-order valence-corrected chi connectivity index (χ0v) is 14.7. The molecular weight excluding hydrogens is 338 g/mol. The molecule has 0 aliphatic heterocycles. The third kappa shape index (κ3) is 4.12. The van der Waals surface area contributed by atoms with Crippen LogP contribution in [0.2, 0.25) is 0 Å². The number of benzene rings is 2. The molecule has 6 heteroatoms. The molecule has 2 aromatic carbocycles. The molecule has 0 unspecified atom stereocenters. The van der Waals surface area contributed by atoms with Crippen molar-refractivity contribution in [3.63, 3.8) is 0 Å². The van der Waals surface area contributed by atoms with E-state index in [9.17, 15) is 4.79 Å². The Labute approximate surface area is 156 Å². The molecule has 134 valence electrons. The molecule has 27 heavy (non-hydrogen) atoms. The Morgan fingerprint density at radius 2 is 1.85 bits per heavy atom. The average Bonchev–Trinajstić information content (AvgIpc) is 3.39. The molecule has 0 fully saturated rings. The molecule has 1 amide bonds. The molecular formula is C21H19N5O. The van der Waals surface area contributed by atoms with Gasteiger partial charge in [0.25, 0.3) is 5.91 Å². The number of imidazole rings is 1. The third-order valence-corrected chi connectivity index (χ3v) is 4.25. The van der Waals surface area contributed by atoms with Crippen molar-refractivity contribution >= 4 is 5.91 Å². The second-order valence-corrected chi connectivity index (χ2v) is 6.19. The Bertz CT molecular complexity index is 1000. The van der Waals surface area contributed by atoms with Gasteiger partial charge in [0.1, 0.15) is 5.82 Å². The summed E-state index contributed by atoms with van der Waals surface area (Å²) in [5.74, 6) is 0.593. The van der Waals surface area contributed by atoms with Crippen molar-refractivity contribution in [2.75, 3.05) is 0 Å². The van der Waals surface area contributed by atoms with Crippen LogP contribution in [0.4, 0.5) is 0 Å². The number of aromatic amines is 1. The number of carbonyl (C=O) groups is 1. The van der Waals surface area contributed by atoms with Gasteiger partial charge in [-0.3, -0.25) is 9.48 Å². The summed E-state index contributed by atoms with van der Waals surface area (Å²) in [7, 11) is 0. The lowest BCUT2D eigenvalue weighted by atomic mass is 10.1. The fraction of sp³-hybridized carbons (Fsp3) is 0.0952. The molecule has 0 aliphatic rings. The first kappa shape index (κ1) is 16.8. The van der Waals surface area contributed by atoms with E-state index in [0.29, 0.717) is 18.7 Å². The van der Waals surface area contributed by atoms with Crippen molar-refractivity contribution < 1.29 is 4.79 Å². The highest BCUT2D eigenvalue weighted by atomic mass is 16.1. The number of amides is 1. The number of nitrogens with one attached hydrogen (secondary N) is 2. The van der Waals surface area contributed by atoms with E-state index in [1.807, 2.05) is 71.5 Å². The predicted molar refractivity (Wildman–Crippen MR) is 103 cm³/mol. The Kier molecular flexibility index (Phi) is 4.78. The van der Waals surface area contributed by atoms with Gasteiger partial charge < -0.3 is 10.3 Å². The number of nitrogens with zero attached hydrogens (tertiary/aromatic N) is 3. The molecule has 2 N–H and O–H groups in total. The van der Waals surface area contributed by atoms with Gasteiger partial charge in [0.2, 0.25) is 0 Å². The maximum absolute atomic E-state index is 12.4. The van der Waals surface area contributed by atoms with Crippen LogP contribution in [-0.4, -0.2) is 25.7 Å². The summed E-state index contributed by atoms with van der Waals surface area (Å²) in [5.41, 5.74) is 3.71. The molecule has 2 aromatic heterocycles. The number of aromatic nitrogens is 4. The first-order valence-corrected chi connectivity index (χ1v) is 8.72. The minimum atomic E-state index is -0.127. The predicted octanol–water partition coefficient (Wildman–Crippen LogP) is 3.25. The minimum absolute atomic E-state index is 0.127. The second-order valence-electron chi connectivity index (χ2n) is 6.19. The van der Waals surface area contributed by atoms with Crippen LogP contribution in [0.1, 0.15) is 21.7 Å². The van der Waals surface area contributed by atoms with Crippen LogP contribution >= 0.6 is 0 Å². The SMILES string of the molecule is O=C(NCc1ncc(-c2ccccc2)[nH]1)c1ccc(Cn2cccn2)cc1. The van der Waals surface area contributed by atoms with Crippen molar-refractivity contribution in [1.29, 1.82) is 0 Å². The van der Waals surface area contributed by atoms with Crippen molar-refractivity contribution in [3.8, 4) is 11.3 Å². The Morgan fingerprint density at radius 1 is 1.04 bits per heavy atom. The van der Waals surface area contributed by atoms with E-state index in [1.165, 1.54) is 0 Å². The third-order valence-electron chi connectivity index (χ3n) is 4.25. The number of H-pyrrole nitrogens is 1. The fourth-order valence-corrected chi connectivity index (χ4v) is 2.83. The van der Waals surface area contributed by atoms with Crippen molar-refractivity contribution in [2.24, 2.45) is 0 Å². The summed E-state index contributed by atoms with van der Waals surface area (Å²) in [6.07, 6.45) is 5.44. The van der Waals surface area contributed by atoms with Crippen LogP contribution in [0.5, 0.6) is 0 Å². The summed E-state index contributed by atoms with van der Waals surface area (Å²) in [6.45, 7) is 1.03. The summed E-state index contributed by atoms with van der Waals surface area (Å²) in [6, 6.07) is 19.4. The normalized spacial score (nSPS) is 10.7. The van der Waals surface area contributed by atoms with Crippen LogP contribution in [-0.2, 0) is 13.1 Å². The maximum Gasteiger partial charge on any atom is 0.251 e. The molecule has 0 saturated heterocycles. The van der Waals surface area contributed by atoms with Crippen molar-refractivity contribution in [1.82, 2.24) is 25.1 Å². The van der Waals surface area contributed by atoms with Crippen molar-refractivity contribution in [3.05, 3.63) is 96.2 Å². The standard InChI is InChI=1S/C21H19N5O/c27-21(18-9-7-16(8-10-18)15-26-12-4-11-24-26)23-14-20-22-13-19(25-20)17-5-2-1-3-6-17/h1-13H,14-15H2,(H,22,25)(H,23,27). The molecule has 2 heterocycles. The van der Waals surface area contributed by atoms with E-state index >= 15 is 0 Å². The number of hydrogen-bond donors (Lipinski definition) is 2. The van der Waals surface area contributed by atoms with Crippen LogP contribution in [0.3, 0.4) is 0 Å². The lowest BCUT2D eigenvalue weighted by molar-refractivity contribution is 0.0950. The lowest BCUT2D eigenvalue weighted by Crippen LogP contribution is -2.23. The zero-order chi connectivity index (χ0) is 18.5. The van der Waals surface area contributed by atoms with Crippen LogP contribution in [0.25, 0.3) is 11.3 Å². The van der Waals surface area contributed by atoms with Gasteiger partial charge >= 0.3 is 0 Å². The van der Waals surface area contributed by atoms with Gasteiger partial charge in [-0.2, -0.15) is 5.10 Å². The fourth-order valence-electron chi connectivity index (χ4n) is 2.83. The Hall–Kier alpha value is -3.67. The van der Waals surface area contributed by atoms with E-state index in [1.54, 1.807) is 12.4 Å². The number of carbonyl (C=O) groups excluding carboxylic acids is 1. The van der Waals surface area contributed by atoms with Gasteiger partial charge in [-0.15, -0.1) is 0 Å². The summed E-state index contributed by atoms with van der Waals surface area (Å²) in [4.78, 5) is 19.9. The topological polar surface area (TPSA) is 75.6 Å². The van der Waals surface area contributed by atoms with Gasteiger partial charge in [0.15, 0.2) is 0 Å². The molecule has 0 radical (unpaired) electrons. The van der Waals surface area contributed by atoms with Crippen LogP contribution in [0, 0.1) is 0 Å². The van der Waals surface area contributed by atoms with Gasteiger partial charge in [-0.05, 0) is 29.3 Å². The monoisotopic (exact) mass is 357 g/mol. The van der Waals surface area contributed by atoms with E-state index in [-0.39, 0.29) is 5.91 Å². The lowest BCUT2D eigenvalue weighted by Gasteiger charge is -2.06. The maximum atomic E-state index is 12.4. The van der Waals surface area contributed by atoms with Crippen molar-refractivity contribution in [2.45, 2.75) is 13.1 Å². The van der Waals surface area contributed by atoms with Gasteiger partial charge in [0, 0.05) is 18.0 Å². The second kappa shape index (κ2) is 7.70. The van der Waals surface area contributed by atoms with E-state index in [2.05, 4.69) is 20.4 Å². The van der Waals surface area contributed by atoms with Gasteiger partial charge in [0.05, 0.1) is 25.0 Å². The van der Waals surface area contributed by atoms with Crippen LogP contribution in [0.15, 0.2) is 79.3 Å². The summed E-state index contributed by atoms with van der Waals surface area (Å²) < 4.78 is 1.84. The molecule has 0 aliphatic carbocycles. The van der Waals surface area contributed by atoms with Crippen LogP contribution < -0.4 is 5.32 Å². The highest BCUT2D eigenvalue weighted by molar-refractivity contribution is 5.94. The Morgan fingerprint density at radius 3 is 2.59 bits per heavy atom. The largest absolute Gasteiger partial charge is 0.345 e. The number of hydrogen-bond acceptors (Lipinski definition) is 3. The Balaban J connectivity index is 1.35. The van der Waals surface area contributed by atoms with Gasteiger partial charge in [-0.1, -0.05) is 42.5 Å². The molecule has 0 bridgehead atoms. The van der Waals surface area contributed by atoms with E-state index in [4.69, 9.17) is 0 Å². The molecule has 0 saturated carbocycles. The molecule has 4 aromatic rings. The first-order valence-electron chi connectivity index (χ1n) is 8.72. The van der Waals surface area contributed by atoms with E-state index in [0.717, 1.165) is 22.6 Å². The van der Waals surface area contributed by atoms with Gasteiger partial charge in [-0.25, -0.2) is 4.98 Å². The summed E-state index contributed by atoms with van der Waals surface area (Å²) >= 11 is 0. The first-order chi connectivity index (χ1) is 13.3. The zero-order valence-electron chi connectivity index (χ0n) is 14.7. The molecule has 0 atom stereocenters. The highest BCUT2D eigenvalue weighted by Gasteiger charge is 2.08. The quantitative estimate of drug-likeness (QED) is 0.556. The molecule has 4 rings (SSSR count). The number of rotatable bonds is 6. The minimum Gasteiger partial charge on any atom is -0.345 e. The summed E-state index contributed by atoms with van der Waals surface area (Å²) in [5, 5.41) is 7.08. The highest BCUT2D eigenvalue weighted by Crippen LogP contribution is 2.16.